The third-order valence-corrected chi connectivity index (χ3v) is 4.30. The lowest BCUT2D eigenvalue weighted by Gasteiger charge is -2.11. The van der Waals surface area contributed by atoms with Gasteiger partial charge in [0.15, 0.2) is 0 Å². The number of halogens is 1. The second-order valence-corrected chi connectivity index (χ2v) is 7.30. The van der Waals surface area contributed by atoms with E-state index in [1.54, 1.807) is 6.07 Å². The van der Waals surface area contributed by atoms with Gasteiger partial charge in [-0.15, -0.1) is 12.4 Å². The summed E-state index contributed by atoms with van der Waals surface area (Å²) < 4.78 is 25.5. The van der Waals surface area contributed by atoms with Crippen molar-refractivity contribution < 1.29 is 8.42 Å². The number of anilines is 1. The number of benzene rings is 2. The maximum Gasteiger partial charge on any atom is 0.229 e. The number of para-hydroxylation sites is 1. The van der Waals surface area contributed by atoms with E-state index in [0.717, 1.165) is 23.8 Å². The molecule has 22 heavy (non-hydrogen) atoms. The van der Waals surface area contributed by atoms with Crippen molar-refractivity contribution in [2.45, 2.75) is 18.4 Å². The van der Waals surface area contributed by atoms with Crippen molar-refractivity contribution in [3.63, 3.8) is 0 Å². The first-order chi connectivity index (χ1) is 9.94. The number of sulfonamides is 1. The molecule has 0 amide bonds. The minimum atomic E-state index is -3.29. The average molecular weight is 339 g/mol. The number of nitrogens with two attached hydrogens (primary N) is 1. The Morgan fingerprint density at radius 1 is 1.09 bits per heavy atom. The van der Waals surface area contributed by atoms with E-state index in [4.69, 9.17) is 5.73 Å². The number of hydrogen-bond acceptors (Lipinski definition) is 3. The molecule has 0 heterocycles. The third kappa shape index (κ3) is 3.80. The summed E-state index contributed by atoms with van der Waals surface area (Å²) in [4.78, 5) is 0. The average Bonchev–Trinajstić information content (AvgIpc) is 3.15. The molecule has 3 N–H and O–H groups in total. The van der Waals surface area contributed by atoms with Crippen LogP contribution in [0.4, 0.5) is 5.69 Å². The van der Waals surface area contributed by atoms with Crippen LogP contribution in [-0.2, 0) is 10.0 Å². The number of nitrogens with one attached hydrogen (secondary N) is 1. The van der Waals surface area contributed by atoms with Crippen molar-refractivity contribution in [1.29, 1.82) is 0 Å². The fourth-order valence-corrected chi connectivity index (χ4v) is 3.11. The third-order valence-electron chi connectivity index (χ3n) is 3.71. The molecule has 0 aromatic heterocycles. The molecule has 6 heteroatoms. The Bertz CT molecular complexity index is 760. The molecule has 118 valence electrons. The van der Waals surface area contributed by atoms with Crippen LogP contribution in [-0.4, -0.2) is 20.7 Å². The lowest BCUT2D eigenvalue weighted by Crippen LogP contribution is -2.10. The van der Waals surface area contributed by atoms with Crippen molar-refractivity contribution in [3.05, 3.63) is 54.1 Å². The summed E-state index contributed by atoms with van der Waals surface area (Å²) in [5, 5.41) is 0. The largest absolute Gasteiger partial charge is 0.327 e. The van der Waals surface area contributed by atoms with Crippen molar-refractivity contribution >= 4 is 28.1 Å². The van der Waals surface area contributed by atoms with Gasteiger partial charge in [-0.1, -0.05) is 42.5 Å². The van der Waals surface area contributed by atoms with E-state index in [1.807, 2.05) is 30.3 Å². The van der Waals surface area contributed by atoms with E-state index < -0.39 is 10.0 Å². The molecule has 1 aliphatic rings. The molecule has 4 nitrogen and oxygen atoms in total. The highest BCUT2D eigenvalue weighted by molar-refractivity contribution is 7.92. The molecule has 0 radical (unpaired) electrons. The van der Waals surface area contributed by atoms with E-state index >= 15 is 0 Å². The SMILES string of the molecule is CS(=O)(=O)Nc1ccccc1-c1ccc([C@H]2C[C@@H]2N)cc1.Cl. The predicted octanol–water partition coefficient (Wildman–Crippen LogP) is 2.96. The fraction of sp³-hybridized carbons (Fsp3) is 0.250. The summed E-state index contributed by atoms with van der Waals surface area (Å²) in [5.41, 5.74) is 9.56. The smallest absolute Gasteiger partial charge is 0.229 e. The standard InChI is InChI=1S/C16H18N2O2S.ClH/c1-21(19,20)18-16-5-3-2-4-13(16)11-6-8-12(9-7-11)14-10-15(14)17;/h2-9,14-15,18H,10,17H2,1H3;1H/t14-,15+;/m1./s1. The molecule has 2 aromatic rings. The van der Waals surface area contributed by atoms with Crippen molar-refractivity contribution in [1.82, 2.24) is 0 Å². The van der Waals surface area contributed by atoms with Crippen LogP contribution in [0.2, 0.25) is 0 Å². The summed E-state index contributed by atoms with van der Waals surface area (Å²) in [6.45, 7) is 0. The van der Waals surface area contributed by atoms with Crippen LogP contribution in [0.5, 0.6) is 0 Å². The van der Waals surface area contributed by atoms with Crippen LogP contribution in [0.15, 0.2) is 48.5 Å². The summed E-state index contributed by atoms with van der Waals surface area (Å²) >= 11 is 0. The Morgan fingerprint density at radius 2 is 1.68 bits per heavy atom. The monoisotopic (exact) mass is 338 g/mol. The fourth-order valence-electron chi connectivity index (χ4n) is 2.53. The van der Waals surface area contributed by atoms with Gasteiger partial charge in [-0.3, -0.25) is 4.72 Å². The van der Waals surface area contributed by atoms with Crippen LogP contribution in [0.1, 0.15) is 17.9 Å². The first-order valence-electron chi connectivity index (χ1n) is 6.87. The zero-order chi connectivity index (χ0) is 15.0. The van der Waals surface area contributed by atoms with Gasteiger partial charge in [0, 0.05) is 17.5 Å². The second-order valence-electron chi connectivity index (χ2n) is 5.55. The zero-order valence-electron chi connectivity index (χ0n) is 12.2. The molecular formula is C16H19ClN2O2S. The van der Waals surface area contributed by atoms with E-state index in [9.17, 15) is 8.42 Å². The van der Waals surface area contributed by atoms with Gasteiger partial charge < -0.3 is 5.73 Å². The van der Waals surface area contributed by atoms with Crippen LogP contribution in [0.25, 0.3) is 11.1 Å². The van der Waals surface area contributed by atoms with E-state index in [1.165, 1.54) is 5.56 Å². The van der Waals surface area contributed by atoms with Gasteiger partial charge in [-0.25, -0.2) is 8.42 Å². The maximum atomic E-state index is 11.4. The molecule has 1 aliphatic carbocycles. The highest BCUT2D eigenvalue weighted by Gasteiger charge is 2.34. The molecule has 1 saturated carbocycles. The lowest BCUT2D eigenvalue weighted by atomic mass is 10.0. The Balaban J connectivity index is 0.00000176. The van der Waals surface area contributed by atoms with Crippen LogP contribution in [0.3, 0.4) is 0 Å². The molecule has 0 bridgehead atoms. The van der Waals surface area contributed by atoms with Crippen LogP contribution >= 0.6 is 12.4 Å². The Morgan fingerprint density at radius 3 is 2.23 bits per heavy atom. The maximum absolute atomic E-state index is 11.4. The molecule has 2 aromatic carbocycles. The van der Waals surface area contributed by atoms with Gasteiger partial charge in [0.2, 0.25) is 10.0 Å². The van der Waals surface area contributed by atoms with Crippen molar-refractivity contribution in [2.75, 3.05) is 11.0 Å². The zero-order valence-corrected chi connectivity index (χ0v) is 13.8. The molecule has 1 fully saturated rings. The minimum Gasteiger partial charge on any atom is -0.327 e. The summed E-state index contributed by atoms with van der Waals surface area (Å²) in [7, 11) is -3.29. The van der Waals surface area contributed by atoms with Gasteiger partial charge in [0.25, 0.3) is 0 Å². The van der Waals surface area contributed by atoms with Gasteiger partial charge >= 0.3 is 0 Å². The number of hydrogen-bond donors (Lipinski definition) is 2. The molecule has 0 aliphatic heterocycles. The van der Waals surface area contributed by atoms with E-state index in [2.05, 4.69) is 16.9 Å². The highest BCUT2D eigenvalue weighted by atomic mass is 35.5. The quantitative estimate of drug-likeness (QED) is 0.900. The lowest BCUT2D eigenvalue weighted by molar-refractivity contribution is 0.607. The Hall–Kier alpha value is -1.56. The van der Waals surface area contributed by atoms with Crippen molar-refractivity contribution in [2.24, 2.45) is 5.73 Å². The topological polar surface area (TPSA) is 72.2 Å². The summed E-state index contributed by atoms with van der Waals surface area (Å²) in [6.07, 6.45) is 2.20. The first-order valence-corrected chi connectivity index (χ1v) is 8.76. The van der Waals surface area contributed by atoms with Crippen LogP contribution in [0, 0.1) is 0 Å². The number of rotatable bonds is 4. The molecule has 0 spiro atoms. The molecular weight excluding hydrogens is 320 g/mol. The predicted molar refractivity (Wildman–Crippen MR) is 92.9 cm³/mol. The Kier molecular flexibility index (Phi) is 4.80. The second kappa shape index (κ2) is 6.28. The normalized spacial score (nSPS) is 20.1. The Labute approximate surface area is 137 Å². The van der Waals surface area contributed by atoms with E-state index in [-0.39, 0.29) is 18.4 Å². The summed E-state index contributed by atoms with van der Waals surface area (Å²) in [6, 6.07) is 15.9. The van der Waals surface area contributed by atoms with Gasteiger partial charge in [-0.05, 0) is 23.6 Å². The van der Waals surface area contributed by atoms with Crippen LogP contribution < -0.4 is 10.5 Å². The van der Waals surface area contributed by atoms with Gasteiger partial charge in [-0.2, -0.15) is 0 Å². The van der Waals surface area contributed by atoms with Gasteiger partial charge in [0.1, 0.15) is 0 Å². The molecule has 0 saturated heterocycles. The highest BCUT2D eigenvalue weighted by Crippen LogP contribution is 2.39. The first kappa shape index (κ1) is 16.8. The summed E-state index contributed by atoms with van der Waals surface area (Å²) in [5.74, 6) is 0.475. The molecule has 2 atom stereocenters. The molecule has 0 unspecified atom stereocenters. The van der Waals surface area contributed by atoms with E-state index in [0.29, 0.717) is 11.6 Å². The van der Waals surface area contributed by atoms with Gasteiger partial charge in [0.05, 0.1) is 11.9 Å². The minimum absolute atomic E-state index is 0. The molecule has 3 rings (SSSR count). The van der Waals surface area contributed by atoms with Crippen molar-refractivity contribution in [3.8, 4) is 11.1 Å².